The lowest BCUT2D eigenvalue weighted by molar-refractivity contribution is 0.0499. The molecule has 0 aromatic rings. The largest absolute Gasteiger partial charge is 0.444 e. The van der Waals surface area contributed by atoms with Gasteiger partial charge in [0.2, 0.25) is 0 Å². The van der Waals surface area contributed by atoms with E-state index in [1.807, 2.05) is 20.8 Å². The molecule has 1 aliphatic heterocycles. The van der Waals surface area contributed by atoms with E-state index in [0.717, 1.165) is 19.5 Å². The van der Waals surface area contributed by atoms with E-state index in [4.69, 9.17) is 4.74 Å². The monoisotopic (exact) mass is 228 g/mol. The van der Waals surface area contributed by atoms with Crippen LogP contribution in [0, 0.1) is 0 Å². The van der Waals surface area contributed by atoms with Crippen LogP contribution in [-0.2, 0) is 4.74 Å². The number of carbonyl (C=O) groups excluding carboxylic acids is 1. The predicted molar refractivity (Wildman–Crippen MR) is 64.5 cm³/mol. The van der Waals surface area contributed by atoms with Gasteiger partial charge in [0, 0.05) is 12.6 Å². The Morgan fingerprint density at radius 1 is 1.31 bits per heavy atom. The molecule has 1 saturated heterocycles. The third-order valence-electron chi connectivity index (χ3n) is 2.52. The number of carbonyl (C=O) groups is 1. The topological polar surface area (TPSA) is 50.4 Å². The molecule has 1 heterocycles. The fourth-order valence-electron chi connectivity index (χ4n) is 1.79. The molecule has 0 bridgehead atoms. The number of amides is 1. The maximum Gasteiger partial charge on any atom is 0.407 e. The van der Waals surface area contributed by atoms with Crippen LogP contribution in [0.1, 0.15) is 46.5 Å². The van der Waals surface area contributed by atoms with Gasteiger partial charge in [0.25, 0.3) is 0 Å². The minimum absolute atomic E-state index is 0.204. The average Bonchev–Trinajstić information content (AvgIpc) is 2.06. The maximum atomic E-state index is 11.6. The molecule has 94 valence electrons. The van der Waals surface area contributed by atoms with Crippen LogP contribution in [0.15, 0.2) is 0 Å². The summed E-state index contributed by atoms with van der Waals surface area (Å²) in [7, 11) is 0. The summed E-state index contributed by atoms with van der Waals surface area (Å²) in [6.07, 6.45) is 4.38. The van der Waals surface area contributed by atoms with Crippen molar-refractivity contribution in [2.24, 2.45) is 0 Å². The molecule has 4 nitrogen and oxygen atoms in total. The zero-order valence-corrected chi connectivity index (χ0v) is 10.6. The first-order chi connectivity index (χ1) is 7.47. The summed E-state index contributed by atoms with van der Waals surface area (Å²) in [5, 5.41) is 6.25. The summed E-state index contributed by atoms with van der Waals surface area (Å²) in [6, 6.07) is 0.204. The predicted octanol–water partition coefficient (Wildman–Crippen LogP) is 2.04. The van der Waals surface area contributed by atoms with Crippen molar-refractivity contribution in [2.45, 2.75) is 58.1 Å². The van der Waals surface area contributed by atoms with E-state index in [9.17, 15) is 4.79 Å². The van der Waals surface area contributed by atoms with Gasteiger partial charge in [-0.2, -0.15) is 0 Å². The Morgan fingerprint density at radius 2 is 2.06 bits per heavy atom. The van der Waals surface area contributed by atoms with Crippen LogP contribution in [0.3, 0.4) is 0 Å². The molecule has 1 aliphatic rings. The Balaban J connectivity index is 2.30. The smallest absolute Gasteiger partial charge is 0.407 e. The minimum atomic E-state index is -0.418. The third-order valence-corrected chi connectivity index (χ3v) is 2.52. The molecular formula is C12H24N2O2. The van der Waals surface area contributed by atoms with E-state index in [2.05, 4.69) is 10.6 Å². The molecule has 0 aromatic carbocycles. The molecule has 0 spiro atoms. The number of hydrogen-bond acceptors (Lipinski definition) is 3. The van der Waals surface area contributed by atoms with E-state index in [0.29, 0.717) is 0 Å². The van der Waals surface area contributed by atoms with Crippen LogP contribution in [-0.4, -0.2) is 30.8 Å². The first kappa shape index (κ1) is 13.3. The van der Waals surface area contributed by atoms with Crippen molar-refractivity contribution in [1.29, 1.82) is 0 Å². The van der Waals surface area contributed by atoms with Crippen LogP contribution in [0.25, 0.3) is 0 Å². The highest BCUT2D eigenvalue weighted by Gasteiger charge is 2.19. The van der Waals surface area contributed by atoms with Crippen LogP contribution < -0.4 is 10.6 Å². The van der Waals surface area contributed by atoms with Gasteiger partial charge in [0.05, 0.1) is 0 Å². The van der Waals surface area contributed by atoms with Crippen molar-refractivity contribution >= 4 is 6.09 Å². The molecule has 1 rings (SSSR count). The summed E-state index contributed by atoms with van der Waals surface area (Å²) in [5.41, 5.74) is -0.418. The van der Waals surface area contributed by atoms with E-state index in [-0.39, 0.29) is 12.1 Å². The SMILES string of the molecule is CC(C)(C)OC(=O)N[C@H]1CCCCCNC1. The number of nitrogens with one attached hydrogen (secondary N) is 2. The number of rotatable bonds is 1. The van der Waals surface area contributed by atoms with Crippen LogP contribution in [0.5, 0.6) is 0 Å². The number of alkyl carbamates (subject to hydrolysis) is 1. The summed E-state index contributed by atoms with van der Waals surface area (Å²) < 4.78 is 5.23. The van der Waals surface area contributed by atoms with Gasteiger partial charge in [0.1, 0.15) is 5.60 Å². The Hall–Kier alpha value is -0.770. The van der Waals surface area contributed by atoms with E-state index in [1.165, 1.54) is 19.3 Å². The van der Waals surface area contributed by atoms with Gasteiger partial charge in [-0.1, -0.05) is 12.8 Å². The summed E-state index contributed by atoms with van der Waals surface area (Å²) in [5.74, 6) is 0. The van der Waals surface area contributed by atoms with Crippen molar-refractivity contribution in [2.75, 3.05) is 13.1 Å². The molecule has 1 amide bonds. The highest BCUT2D eigenvalue weighted by Crippen LogP contribution is 2.09. The lowest BCUT2D eigenvalue weighted by Crippen LogP contribution is -2.45. The van der Waals surface area contributed by atoms with Gasteiger partial charge in [-0.3, -0.25) is 0 Å². The number of hydrogen-bond donors (Lipinski definition) is 2. The first-order valence-corrected chi connectivity index (χ1v) is 6.17. The molecule has 1 fully saturated rings. The molecule has 0 aromatic heterocycles. The standard InChI is InChI=1S/C12H24N2O2/c1-12(2,3)16-11(15)14-10-7-5-4-6-8-13-9-10/h10,13H,4-9H2,1-3H3,(H,14,15)/t10-/m0/s1. The van der Waals surface area contributed by atoms with Crippen molar-refractivity contribution in [3.63, 3.8) is 0 Å². The lowest BCUT2D eigenvalue weighted by Gasteiger charge is -2.25. The molecule has 0 saturated carbocycles. The van der Waals surface area contributed by atoms with Gasteiger partial charge < -0.3 is 15.4 Å². The molecular weight excluding hydrogens is 204 g/mol. The fraction of sp³-hybridized carbons (Fsp3) is 0.917. The molecule has 4 heteroatoms. The van der Waals surface area contributed by atoms with E-state index in [1.54, 1.807) is 0 Å². The Kier molecular flexibility index (Phi) is 5.06. The third kappa shape index (κ3) is 5.95. The quantitative estimate of drug-likeness (QED) is 0.722. The highest BCUT2D eigenvalue weighted by atomic mass is 16.6. The number of ether oxygens (including phenoxy) is 1. The molecule has 0 aliphatic carbocycles. The summed E-state index contributed by atoms with van der Waals surface area (Å²) >= 11 is 0. The van der Waals surface area contributed by atoms with E-state index < -0.39 is 5.60 Å². The Morgan fingerprint density at radius 3 is 2.75 bits per heavy atom. The Labute approximate surface area is 98.1 Å². The highest BCUT2D eigenvalue weighted by molar-refractivity contribution is 5.68. The van der Waals surface area contributed by atoms with Crippen molar-refractivity contribution in [1.82, 2.24) is 10.6 Å². The van der Waals surface area contributed by atoms with Crippen molar-refractivity contribution in [3.8, 4) is 0 Å². The zero-order chi connectivity index (χ0) is 12.0. The average molecular weight is 228 g/mol. The second kappa shape index (κ2) is 6.09. The van der Waals surface area contributed by atoms with E-state index >= 15 is 0 Å². The molecule has 2 N–H and O–H groups in total. The van der Waals surface area contributed by atoms with Gasteiger partial charge in [-0.25, -0.2) is 4.79 Å². The van der Waals surface area contributed by atoms with Gasteiger partial charge in [-0.15, -0.1) is 0 Å². The summed E-state index contributed by atoms with van der Waals surface area (Å²) in [6.45, 7) is 7.53. The fourth-order valence-corrected chi connectivity index (χ4v) is 1.79. The molecule has 0 radical (unpaired) electrons. The molecule has 16 heavy (non-hydrogen) atoms. The van der Waals surface area contributed by atoms with Gasteiger partial charge in [-0.05, 0) is 40.2 Å². The zero-order valence-electron chi connectivity index (χ0n) is 10.6. The Bertz CT molecular complexity index is 216. The molecule has 0 unspecified atom stereocenters. The van der Waals surface area contributed by atoms with Crippen molar-refractivity contribution < 1.29 is 9.53 Å². The van der Waals surface area contributed by atoms with Crippen LogP contribution >= 0.6 is 0 Å². The van der Waals surface area contributed by atoms with Crippen LogP contribution in [0.2, 0.25) is 0 Å². The van der Waals surface area contributed by atoms with Crippen molar-refractivity contribution in [3.05, 3.63) is 0 Å². The van der Waals surface area contributed by atoms with Crippen LogP contribution in [0.4, 0.5) is 4.79 Å². The molecule has 1 atom stereocenters. The van der Waals surface area contributed by atoms with Gasteiger partial charge >= 0.3 is 6.09 Å². The maximum absolute atomic E-state index is 11.6. The summed E-state index contributed by atoms with van der Waals surface area (Å²) in [4.78, 5) is 11.6. The second-order valence-corrected chi connectivity index (χ2v) is 5.40. The second-order valence-electron chi connectivity index (χ2n) is 5.40. The normalized spacial score (nSPS) is 23.1. The van der Waals surface area contributed by atoms with Gasteiger partial charge in [0.15, 0.2) is 0 Å². The minimum Gasteiger partial charge on any atom is -0.444 e. The lowest BCUT2D eigenvalue weighted by atomic mass is 10.1. The first-order valence-electron chi connectivity index (χ1n) is 6.17.